The number of hydrogen-bond acceptors (Lipinski definition) is 3. The molecule has 0 aliphatic heterocycles. The van der Waals surface area contributed by atoms with Gasteiger partial charge in [0.25, 0.3) is 14.3 Å². The predicted molar refractivity (Wildman–Crippen MR) is 102 cm³/mol. The molecule has 3 unspecified atom stereocenters. The molecule has 0 rings (SSSR count). The molecule has 0 saturated heterocycles. The SMILES string of the molecule is CCC(C)[Si](CC)(OC(=O)C(C)C[Si]OC(C)(C)C)C(C)CC. The molecule has 0 fully saturated rings. The van der Waals surface area contributed by atoms with E-state index in [0.29, 0.717) is 20.8 Å². The van der Waals surface area contributed by atoms with Gasteiger partial charge in [0.2, 0.25) is 9.76 Å². The van der Waals surface area contributed by atoms with Crippen LogP contribution in [0.4, 0.5) is 0 Å². The topological polar surface area (TPSA) is 35.5 Å². The largest absolute Gasteiger partial charge is 0.518 e. The van der Waals surface area contributed by atoms with Crippen molar-refractivity contribution in [1.82, 2.24) is 0 Å². The van der Waals surface area contributed by atoms with E-state index in [4.69, 9.17) is 8.85 Å². The minimum atomic E-state index is -2.07. The second-order valence-corrected chi connectivity index (χ2v) is 13.5. The van der Waals surface area contributed by atoms with Crippen LogP contribution in [-0.4, -0.2) is 29.7 Å². The van der Waals surface area contributed by atoms with Crippen LogP contribution in [0.25, 0.3) is 0 Å². The summed E-state index contributed by atoms with van der Waals surface area (Å²) in [5.74, 6) is -0.0913. The molecule has 3 atom stereocenters. The molecular formula is C18H38O3Si2. The summed E-state index contributed by atoms with van der Waals surface area (Å²) >= 11 is 0. The van der Waals surface area contributed by atoms with Gasteiger partial charge in [-0.25, -0.2) is 0 Å². The van der Waals surface area contributed by atoms with E-state index in [1.54, 1.807) is 0 Å². The molecule has 0 N–H and O–H groups in total. The van der Waals surface area contributed by atoms with Crippen molar-refractivity contribution in [3.8, 4) is 0 Å². The van der Waals surface area contributed by atoms with Crippen molar-refractivity contribution in [3.05, 3.63) is 0 Å². The van der Waals surface area contributed by atoms with E-state index in [2.05, 4.69) is 34.6 Å². The number of carbonyl (C=O) groups is 1. The van der Waals surface area contributed by atoms with Gasteiger partial charge in [-0.2, -0.15) is 0 Å². The van der Waals surface area contributed by atoms with Gasteiger partial charge in [0.15, 0.2) is 0 Å². The molecule has 0 amide bonds. The van der Waals surface area contributed by atoms with Crippen LogP contribution >= 0.6 is 0 Å². The van der Waals surface area contributed by atoms with Gasteiger partial charge in [-0.05, 0) is 43.9 Å². The van der Waals surface area contributed by atoms with Crippen LogP contribution in [0.15, 0.2) is 0 Å². The molecule has 0 saturated carbocycles. The third-order valence-electron chi connectivity index (χ3n) is 4.91. The number of hydrogen-bond donors (Lipinski definition) is 0. The maximum atomic E-state index is 12.7. The molecular weight excluding hydrogens is 320 g/mol. The van der Waals surface area contributed by atoms with Gasteiger partial charge >= 0.3 is 0 Å². The molecule has 0 aliphatic rings. The molecule has 2 radical (unpaired) electrons. The van der Waals surface area contributed by atoms with Crippen LogP contribution in [0, 0.1) is 5.92 Å². The standard InChI is InChI=1S/C18H38O3Si2/c1-10-15(5)23(12-3,16(6)11-2)20-17(19)14(4)13-22-21-18(7,8)9/h14-16H,10-13H2,1-9H3. The van der Waals surface area contributed by atoms with Gasteiger partial charge in [0.05, 0.1) is 5.92 Å². The highest BCUT2D eigenvalue weighted by atomic mass is 28.4. The van der Waals surface area contributed by atoms with Crippen LogP contribution in [-0.2, 0) is 13.6 Å². The first-order valence-electron chi connectivity index (χ1n) is 9.17. The van der Waals surface area contributed by atoms with Crippen molar-refractivity contribution in [1.29, 1.82) is 0 Å². The fourth-order valence-electron chi connectivity index (χ4n) is 2.90. The molecule has 0 aliphatic carbocycles. The van der Waals surface area contributed by atoms with E-state index >= 15 is 0 Å². The first kappa shape index (κ1) is 22.9. The maximum Gasteiger partial charge on any atom is 0.295 e. The van der Waals surface area contributed by atoms with Gasteiger partial charge in [0, 0.05) is 5.60 Å². The van der Waals surface area contributed by atoms with Crippen molar-refractivity contribution in [2.24, 2.45) is 5.92 Å². The summed E-state index contributed by atoms with van der Waals surface area (Å²) in [6.45, 7) is 19.3. The van der Waals surface area contributed by atoms with E-state index in [1.165, 1.54) is 0 Å². The van der Waals surface area contributed by atoms with Crippen molar-refractivity contribution >= 4 is 24.0 Å². The summed E-state index contributed by atoms with van der Waals surface area (Å²) in [6, 6.07) is 1.77. The zero-order valence-electron chi connectivity index (χ0n) is 16.8. The highest BCUT2D eigenvalue weighted by Gasteiger charge is 2.46. The zero-order chi connectivity index (χ0) is 18.3. The highest BCUT2D eigenvalue weighted by molar-refractivity contribution is 6.77. The fraction of sp³-hybridized carbons (Fsp3) is 0.944. The minimum Gasteiger partial charge on any atom is -0.518 e. The van der Waals surface area contributed by atoms with Gasteiger partial charge in [-0.1, -0.05) is 54.4 Å². The van der Waals surface area contributed by atoms with Crippen LogP contribution in [0.3, 0.4) is 0 Å². The molecule has 23 heavy (non-hydrogen) atoms. The minimum absolute atomic E-state index is 0.0101. The average Bonchev–Trinajstić information content (AvgIpc) is 2.49. The lowest BCUT2D eigenvalue weighted by molar-refractivity contribution is -0.139. The van der Waals surface area contributed by atoms with Gasteiger partial charge in [-0.15, -0.1) is 0 Å². The van der Waals surface area contributed by atoms with E-state index in [1.807, 2.05) is 27.7 Å². The van der Waals surface area contributed by atoms with Crippen molar-refractivity contribution in [2.75, 3.05) is 0 Å². The maximum absolute atomic E-state index is 12.7. The fourth-order valence-corrected chi connectivity index (χ4v) is 8.70. The summed E-state index contributed by atoms with van der Waals surface area (Å²) in [6.07, 6.45) is 2.17. The van der Waals surface area contributed by atoms with E-state index < -0.39 is 8.32 Å². The number of carbonyl (C=O) groups excluding carboxylic acids is 1. The Morgan fingerprint density at radius 1 is 1.04 bits per heavy atom. The Balaban J connectivity index is 4.89. The number of rotatable bonds is 10. The van der Waals surface area contributed by atoms with Gasteiger partial charge in [0.1, 0.15) is 0 Å². The third kappa shape index (κ3) is 7.10. The molecule has 3 nitrogen and oxygen atoms in total. The second kappa shape index (κ2) is 9.99. The lowest BCUT2D eigenvalue weighted by Gasteiger charge is -2.40. The van der Waals surface area contributed by atoms with Crippen LogP contribution in [0.5, 0.6) is 0 Å². The van der Waals surface area contributed by atoms with Crippen LogP contribution in [0.1, 0.15) is 75.2 Å². The Morgan fingerprint density at radius 3 is 1.87 bits per heavy atom. The summed E-state index contributed by atoms with van der Waals surface area (Å²) in [5.41, 5.74) is 0.871. The smallest absolute Gasteiger partial charge is 0.295 e. The Labute approximate surface area is 148 Å². The summed E-state index contributed by atoms with van der Waals surface area (Å²) in [5, 5.41) is 0. The second-order valence-electron chi connectivity index (χ2n) is 7.81. The summed E-state index contributed by atoms with van der Waals surface area (Å²) in [7, 11) is -1.72. The summed E-state index contributed by atoms with van der Waals surface area (Å²) < 4.78 is 12.1. The van der Waals surface area contributed by atoms with E-state index in [0.717, 1.165) is 24.9 Å². The molecule has 0 aromatic heterocycles. The van der Waals surface area contributed by atoms with Gasteiger partial charge < -0.3 is 8.85 Å². The first-order chi connectivity index (χ1) is 10.5. The third-order valence-corrected chi connectivity index (χ3v) is 12.3. The molecule has 0 bridgehead atoms. The quantitative estimate of drug-likeness (QED) is 0.478. The average molecular weight is 359 g/mol. The summed E-state index contributed by atoms with van der Waals surface area (Å²) in [4.78, 5) is 12.7. The normalized spacial score (nSPS) is 18.8. The van der Waals surface area contributed by atoms with E-state index in [9.17, 15) is 4.79 Å². The van der Waals surface area contributed by atoms with Crippen LogP contribution in [0.2, 0.25) is 23.2 Å². The van der Waals surface area contributed by atoms with Crippen LogP contribution < -0.4 is 0 Å². The Hall–Kier alpha value is -0.136. The monoisotopic (exact) mass is 358 g/mol. The molecule has 0 aromatic carbocycles. The Morgan fingerprint density at radius 2 is 1.52 bits per heavy atom. The van der Waals surface area contributed by atoms with Gasteiger partial charge in [-0.3, -0.25) is 4.79 Å². The van der Waals surface area contributed by atoms with Crippen molar-refractivity contribution in [2.45, 2.75) is 104 Å². The molecule has 0 heterocycles. The molecule has 0 spiro atoms. The first-order valence-corrected chi connectivity index (χ1v) is 12.6. The lowest BCUT2D eigenvalue weighted by Crippen LogP contribution is -2.48. The Bertz CT molecular complexity index is 343. The van der Waals surface area contributed by atoms with Crippen molar-refractivity contribution < 1.29 is 13.6 Å². The Kier molecular flexibility index (Phi) is 9.93. The molecule has 0 aromatic rings. The highest BCUT2D eigenvalue weighted by Crippen LogP contribution is 2.41. The lowest BCUT2D eigenvalue weighted by atomic mass is 10.2. The molecule has 136 valence electrons. The van der Waals surface area contributed by atoms with Crippen molar-refractivity contribution in [3.63, 3.8) is 0 Å². The predicted octanol–water partition coefficient (Wildman–Crippen LogP) is 5.58. The zero-order valence-corrected chi connectivity index (χ0v) is 18.8. The molecule has 5 heteroatoms. The van der Waals surface area contributed by atoms with E-state index in [-0.39, 0.29) is 17.5 Å².